The third-order valence-electron chi connectivity index (χ3n) is 3.02. The van der Waals surface area contributed by atoms with Crippen molar-refractivity contribution in [3.05, 3.63) is 12.2 Å². The highest BCUT2D eigenvalue weighted by molar-refractivity contribution is 5.98. The zero-order chi connectivity index (χ0) is 7.35. The van der Waals surface area contributed by atoms with Crippen molar-refractivity contribution in [2.24, 2.45) is 17.3 Å². The summed E-state index contributed by atoms with van der Waals surface area (Å²) in [5.41, 5.74) is 0.303. The second-order valence-electron chi connectivity index (χ2n) is 3.76. The molecule has 1 saturated carbocycles. The highest BCUT2D eigenvalue weighted by Crippen LogP contribution is 2.62. The lowest BCUT2D eigenvalue weighted by atomic mass is 9.92. The molecule has 0 saturated heterocycles. The second-order valence-corrected chi connectivity index (χ2v) is 3.76. The summed E-state index contributed by atoms with van der Waals surface area (Å²) in [6.07, 6.45) is 4.98. The fourth-order valence-electron chi connectivity index (χ4n) is 2.03. The molecule has 0 aromatic carbocycles. The predicted molar refractivity (Wildman–Crippen MR) is 39.5 cm³/mol. The van der Waals surface area contributed by atoms with Crippen molar-refractivity contribution in [3.8, 4) is 0 Å². The van der Waals surface area contributed by atoms with Gasteiger partial charge in [-0.1, -0.05) is 19.9 Å². The molecule has 0 aromatic heterocycles. The van der Waals surface area contributed by atoms with E-state index in [9.17, 15) is 4.79 Å². The molecule has 0 unspecified atom stereocenters. The van der Waals surface area contributed by atoms with E-state index < -0.39 is 0 Å². The van der Waals surface area contributed by atoms with Crippen LogP contribution in [0.4, 0.5) is 0 Å². The fourth-order valence-corrected chi connectivity index (χ4v) is 2.03. The number of carbonyl (C=O) groups is 1. The van der Waals surface area contributed by atoms with Crippen LogP contribution in [0.2, 0.25) is 0 Å². The van der Waals surface area contributed by atoms with Crippen molar-refractivity contribution in [2.75, 3.05) is 0 Å². The first kappa shape index (κ1) is 6.14. The summed E-state index contributed by atoms with van der Waals surface area (Å²) in [6.45, 7) is 4.39. The third kappa shape index (κ3) is 0.511. The van der Waals surface area contributed by atoms with Crippen molar-refractivity contribution in [1.29, 1.82) is 0 Å². The molecule has 2 aliphatic carbocycles. The minimum atomic E-state index is 0.303. The van der Waals surface area contributed by atoms with Gasteiger partial charge >= 0.3 is 0 Å². The van der Waals surface area contributed by atoms with E-state index in [0.717, 1.165) is 6.42 Å². The predicted octanol–water partition coefficient (Wildman–Crippen LogP) is 1.79. The van der Waals surface area contributed by atoms with E-state index in [0.29, 0.717) is 23.0 Å². The zero-order valence-corrected chi connectivity index (χ0v) is 6.42. The Bertz CT molecular complexity index is 215. The monoisotopic (exact) mass is 136 g/mol. The number of ketones is 1. The minimum Gasteiger partial charge on any atom is -0.295 e. The van der Waals surface area contributed by atoms with E-state index in [-0.39, 0.29) is 0 Å². The van der Waals surface area contributed by atoms with Gasteiger partial charge in [0, 0.05) is 11.3 Å². The Hall–Kier alpha value is -0.590. The molecular weight excluding hydrogens is 124 g/mol. The van der Waals surface area contributed by atoms with Gasteiger partial charge in [0.15, 0.2) is 5.78 Å². The van der Waals surface area contributed by atoms with Crippen molar-refractivity contribution in [2.45, 2.75) is 20.3 Å². The van der Waals surface area contributed by atoms with Gasteiger partial charge in [-0.15, -0.1) is 0 Å². The summed E-state index contributed by atoms with van der Waals surface area (Å²) in [6, 6.07) is 0. The van der Waals surface area contributed by atoms with Gasteiger partial charge in [-0.05, 0) is 18.4 Å². The van der Waals surface area contributed by atoms with E-state index in [1.165, 1.54) is 0 Å². The molecule has 0 amide bonds. The van der Waals surface area contributed by atoms with Crippen LogP contribution in [0.15, 0.2) is 12.2 Å². The molecule has 0 spiro atoms. The normalized spacial score (nSPS) is 42.7. The quantitative estimate of drug-likeness (QED) is 0.537. The van der Waals surface area contributed by atoms with Crippen molar-refractivity contribution in [3.63, 3.8) is 0 Å². The highest BCUT2D eigenvalue weighted by atomic mass is 16.1. The van der Waals surface area contributed by atoms with Crippen LogP contribution in [0.1, 0.15) is 20.3 Å². The SMILES string of the molecule is CC(C)[C@]12C=CC(=O)[C@H]1C2. The van der Waals surface area contributed by atoms with Gasteiger partial charge in [0.05, 0.1) is 0 Å². The summed E-state index contributed by atoms with van der Waals surface area (Å²) in [5, 5.41) is 0. The van der Waals surface area contributed by atoms with Gasteiger partial charge in [-0.2, -0.15) is 0 Å². The third-order valence-corrected chi connectivity index (χ3v) is 3.02. The molecule has 0 radical (unpaired) electrons. The summed E-state index contributed by atoms with van der Waals surface area (Å²) < 4.78 is 0. The smallest absolute Gasteiger partial charge is 0.159 e. The maximum absolute atomic E-state index is 11.0. The van der Waals surface area contributed by atoms with E-state index >= 15 is 0 Å². The van der Waals surface area contributed by atoms with Gasteiger partial charge in [0.2, 0.25) is 0 Å². The lowest BCUT2D eigenvalue weighted by Gasteiger charge is -2.12. The van der Waals surface area contributed by atoms with Crippen LogP contribution in [0.3, 0.4) is 0 Å². The maximum Gasteiger partial charge on any atom is 0.159 e. The molecule has 2 aliphatic rings. The molecule has 54 valence electrons. The first-order valence-electron chi connectivity index (χ1n) is 3.90. The Morgan fingerprint density at radius 2 is 2.40 bits per heavy atom. The lowest BCUT2D eigenvalue weighted by molar-refractivity contribution is -0.115. The molecule has 0 heterocycles. The number of rotatable bonds is 1. The van der Waals surface area contributed by atoms with Gasteiger partial charge in [0.25, 0.3) is 0 Å². The Morgan fingerprint density at radius 3 is 2.60 bits per heavy atom. The van der Waals surface area contributed by atoms with E-state index in [1.807, 2.05) is 0 Å². The van der Waals surface area contributed by atoms with Crippen LogP contribution in [0.5, 0.6) is 0 Å². The summed E-state index contributed by atoms with van der Waals surface area (Å²) >= 11 is 0. The molecule has 0 N–H and O–H groups in total. The molecular formula is C9H12O. The van der Waals surface area contributed by atoms with Gasteiger partial charge in [-0.25, -0.2) is 0 Å². The topological polar surface area (TPSA) is 17.1 Å². The van der Waals surface area contributed by atoms with Crippen LogP contribution in [-0.4, -0.2) is 5.78 Å². The molecule has 0 bridgehead atoms. The number of fused-ring (bicyclic) bond motifs is 1. The van der Waals surface area contributed by atoms with Crippen LogP contribution < -0.4 is 0 Å². The van der Waals surface area contributed by atoms with Gasteiger partial charge in [-0.3, -0.25) is 4.79 Å². The molecule has 1 heteroatoms. The summed E-state index contributed by atoms with van der Waals surface area (Å²) in [5.74, 6) is 1.36. The maximum atomic E-state index is 11.0. The molecule has 1 fully saturated rings. The molecule has 0 aliphatic heterocycles. The largest absolute Gasteiger partial charge is 0.295 e. The average Bonchev–Trinajstić information content (AvgIpc) is 2.52. The van der Waals surface area contributed by atoms with E-state index in [4.69, 9.17) is 0 Å². The first-order chi connectivity index (χ1) is 4.67. The van der Waals surface area contributed by atoms with Crippen molar-refractivity contribution in [1.82, 2.24) is 0 Å². The number of carbonyl (C=O) groups excluding carboxylic acids is 1. The van der Waals surface area contributed by atoms with Gasteiger partial charge in [0.1, 0.15) is 0 Å². The Morgan fingerprint density at radius 1 is 1.70 bits per heavy atom. The Balaban J connectivity index is 2.27. The number of allylic oxidation sites excluding steroid dienone is 2. The van der Waals surface area contributed by atoms with Crippen LogP contribution >= 0.6 is 0 Å². The van der Waals surface area contributed by atoms with Crippen LogP contribution in [0.25, 0.3) is 0 Å². The molecule has 2 atom stereocenters. The highest BCUT2D eigenvalue weighted by Gasteiger charge is 2.60. The van der Waals surface area contributed by atoms with Crippen molar-refractivity contribution >= 4 is 5.78 Å². The second kappa shape index (κ2) is 1.52. The van der Waals surface area contributed by atoms with E-state index in [1.54, 1.807) is 6.08 Å². The molecule has 2 rings (SSSR count). The fraction of sp³-hybridized carbons (Fsp3) is 0.667. The van der Waals surface area contributed by atoms with Crippen LogP contribution in [0, 0.1) is 17.3 Å². The molecule has 1 nitrogen and oxygen atoms in total. The minimum absolute atomic E-state index is 0.303. The first-order valence-corrected chi connectivity index (χ1v) is 3.90. The zero-order valence-electron chi connectivity index (χ0n) is 6.42. The standard InChI is InChI=1S/C9H12O/c1-6(2)9-4-3-8(10)7(9)5-9/h3-4,6-7H,5H2,1-2H3/t7-,9-/m1/s1. The Kier molecular flexibility index (Phi) is 0.936. The van der Waals surface area contributed by atoms with Crippen molar-refractivity contribution < 1.29 is 4.79 Å². The lowest BCUT2D eigenvalue weighted by Crippen LogP contribution is -2.07. The number of hydrogen-bond acceptors (Lipinski definition) is 1. The molecule has 0 aromatic rings. The summed E-state index contributed by atoms with van der Waals surface area (Å²) in [4.78, 5) is 11.0. The average molecular weight is 136 g/mol. The molecule has 10 heavy (non-hydrogen) atoms. The van der Waals surface area contributed by atoms with Gasteiger partial charge < -0.3 is 0 Å². The van der Waals surface area contributed by atoms with Crippen LogP contribution in [-0.2, 0) is 4.79 Å². The summed E-state index contributed by atoms with van der Waals surface area (Å²) in [7, 11) is 0. The van der Waals surface area contributed by atoms with E-state index in [2.05, 4.69) is 19.9 Å². The Labute approximate surface area is 61.1 Å². The number of hydrogen-bond donors (Lipinski definition) is 0.